The van der Waals surface area contributed by atoms with Crippen molar-refractivity contribution in [3.05, 3.63) is 0 Å². The van der Waals surface area contributed by atoms with Crippen LogP contribution in [0.4, 0.5) is 0 Å². The predicted octanol–water partition coefficient (Wildman–Crippen LogP) is 0.165. The van der Waals surface area contributed by atoms with E-state index in [-0.39, 0.29) is 12.3 Å². The highest BCUT2D eigenvalue weighted by molar-refractivity contribution is 7.85. The molecule has 0 unspecified atom stereocenters. The first kappa shape index (κ1) is 24.3. The van der Waals surface area contributed by atoms with E-state index in [0.29, 0.717) is 17.4 Å². The Labute approximate surface area is 153 Å². The minimum absolute atomic E-state index is 0.0562. The van der Waals surface area contributed by atoms with E-state index in [9.17, 15) is 22.9 Å². The molecule has 0 aromatic carbocycles. The Hall–Kier alpha value is -0.700. The summed E-state index contributed by atoms with van der Waals surface area (Å²) in [6.45, 7) is 2.59. The lowest BCUT2D eigenvalue weighted by Gasteiger charge is -2.30. The summed E-state index contributed by atoms with van der Waals surface area (Å²) in [6, 6.07) is 0. The van der Waals surface area contributed by atoms with Crippen molar-refractivity contribution in [1.82, 2.24) is 0 Å². The number of carboxylic acids is 1. The van der Waals surface area contributed by atoms with E-state index in [4.69, 9.17) is 0 Å². The fraction of sp³-hybridized carbons (Fsp3) is 0.941. The zero-order valence-electron chi connectivity index (χ0n) is 16.3. The van der Waals surface area contributed by atoms with Gasteiger partial charge in [-0.1, -0.05) is 12.8 Å². The fourth-order valence-electron chi connectivity index (χ4n) is 3.00. The van der Waals surface area contributed by atoms with Crippen LogP contribution in [0.1, 0.15) is 44.9 Å². The minimum Gasteiger partial charge on any atom is -0.748 e. The third-order valence-electron chi connectivity index (χ3n) is 4.49. The van der Waals surface area contributed by atoms with Gasteiger partial charge in [0.1, 0.15) is 6.54 Å². The normalized spacial score (nSPS) is 13.2. The molecule has 0 saturated heterocycles. The van der Waals surface area contributed by atoms with Crippen molar-refractivity contribution in [2.45, 2.75) is 44.9 Å². The summed E-state index contributed by atoms with van der Waals surface area (Å²) in [5.41, 5.74) is 0. The molecular formula is C17H36N2O5S. The van der Waals surface area contributed by atoms with Gasteiger partial charge >= 0.3 is 0 Å². The van der Waals surface area contributed by atoms with Crippen LogP contribution in [-0.4, -0.2) is 88.0 Å². The molecule has 0 atom stereocenters. The van der Waals surface area contributed by atoms with Crippen molar-refractivity contribution in [3.63, 3.8) is 0 Å². The summed E-state index contributed by atoms with van der Waals surface area (Å²) in [5, 5.41) is 10.6. The first-order chi connectivity index (χ1) is 11.3. The number of quaternary nitrogens is 2. The van der Waals surface area contributed by atoms with Gasteiger partial charge in [-0.3, -0.25) is 0 Å². The van der Waals surface area contributed by atoms with Crippen molar-refractivity contribution < 1.29 is 31.8 Å². The number of hydrogen-bond acceptors (Lipinski definition) is 5. The van der Waals surface area contributed by atoms with Gasteiger partial charge in [0.2, 0.25) is 0 Å². The molecule has 0 aromatic rings. The SMILES string of the molecule is C[N+](C)(CCCCCCCC[N+](C)(C)CC(=O)[O-])CCCS(=O)(=O)[O-]. The molecule has 0 aliphatic carbocycles. The van der Waals surface area contributed by atoms with E-state index < -0.39 is 16.1 Å². The van der Waals surface area contributed by atoms with Gasteiger partial charge in [0, 0.05) is 12.2 Å². The topological polar surface area (TPSA) is 97.3 Å². The average Bonchev–Trinajstić information content (AvgIpc) is 2.38. The summed E-state index contributed by atoms with van der Waals surface area (Å²) in [4.78, 5) is 10.6. The smallest absolute Gasteiger partial charge is 0.119 e. The Morgan fingerprint density at radius 3 is 1.60 bits per heavy atom. The quantitative estimate of drug-likeness (QED) is 0.229. The molecule has 150 valence electrons. The number of nitrogens with zero attached hydrogens (tertiary/aromatic N) is 2. The summed E-state index contributed by atoms with van der Waals surface area (Å²) in [7, 11) is 3.85. The van der Waals surface area contributed by atoms with Gasteiger partial charge in [0.25, 0.3) is 0 Å². The molecule has 25 heavy (non-hydrogen) atoms. The van der Waals surface area contributed by atoms with Gasteiger partial charge in [-0.25, -0.2) is 8.42 Å². The lowest BCUT2D eigenvalue weighted by Crippen LogP contribution is -2.48. The number of carboxylic acid groups (broad SMARTS) is 1. The minimum atomic E-state index is -4.10. The Morgan fingerprint density at radius 1 is 0.760 bits per heavy atom. The monoisotopic (exact) mass is 380 g/mol. The summed E-state index contributed by atoms with van der Waals surface area (Å²) in [5.74, 6) is -1.28. The third-order valence-corrected chi connectivity index (χ3v) is 5.28. The number of aliphatic carboxylic acids is 1. The van der Waals surface area contributed by atoms with Gasteiger partial charge in [0.05, 0.1) is 63.9 Å². The maximum absolute atomic E-state index is 10.6. The average molecular weight is 381 g/mol. The second kappa shape index (κ2) is 11.1. The van der Waals surface area contributed by atoms with E-state index in [1.165, 1.54) is 0 Å². The van der Waals surface area contributed by atoms with Gasteiger partial charge in [-0.2, -0.15) is 0 Å². The molecule has 0 heterocycles. The lowest BCUT2D eigenvalue weighted by molar-refractivity contribution is -0.890. The van der Waals surface area contributed by atoms with E-state index in [0.717, 1.165) is 56.1 Å². The third kappa shape index (κ3) is 16.5. The molecule has 0 aromatic heterocycles. The van der Waals surface area contributed by atoms with Crippen LogP contribution < -0.4 is 5.11 Å². The van der Waals surface area contributed by atoms with Crippen LogP contribution in [0.5, 0.6) is 0 Å². The molecule has 0 radical (unpaired) electrons. The standard InChI is InChI=1S/C17H36N2O5S/c1-18(2,14-11-15-25(22,23)24)12-9-7-5-6-8-10-13-19(3,4)16-17(20)21/h5-16H2,1-4H3. The van der Waals surface area contributed by atoms with E-state index in [1.54, 1.807) is 0 Å². The van der Waals surface area contributed by atoms with E-state index >= 15 is 0 Å². The van der Waals surface area contributed by atoms with E-state index in [2.05, 4.69) is 14.1 Å². The summed E-state index contributed by atoms with van der Waals surface area (Å²) in [6.07, 6.45) is 7.07. The van der Waals surface area contributed by atoms with Crippen LogP contribution in [-0.2, 0) is 14.9 Å². The molecule has 7 nitrogen and oxygen atoms in total. The second-order valence-electron chi connectivity index (χ2n) is 8.31. The zero-order chi connectivity index (χ0) is 19.6. The summed E-state index contributed by atoms with van der Waals surface area (Å²) < 4.78 is 33.1. The Morgan fingerprint density at radius 2 is 1.16 bits per heavy atom. The largest absolute Gasteiger partial charge is 0.748 e. The first-order valence-corrected chi connectivity index (χ1v) is 10.7. The molecule has 0 amide bonds. The van der Waals surface area contributed by atoms with Crippen LogP contribution >= 0.6 is 0 Å². The molecule has 0 N–H and O–H groups in total. The van der Waals surface area contributed by atoms with Crippen molar-refractivity contribution in [2.24, 2.45) is 0 Å². The number of carbonyl (C=O) groups excluding carboxylic acids is 1. The van der Waals surface area contributed by atoms with Crippen molar-refractivity contribution in [1.29, 1.82) is 0 Å². The lowest BCUT2D eigenvalue weighted by atomic mass is 10.1. The Balaban J connectivity index is 3.67. The summed E-state index contributed by atoms with van der Waals surface area (Å²) >= 11 is 0. The zero-order valence-corrected chi connectivity index (χ0v) is 17.1. The van der Waals surface area contributed by atoms with Gasteiger partial charge in [-0.05, 0) is 25.7 Å². The molecule has 0 saturated carbocycles. The number of carbonyl (C=O) groups is 1. The molecule has 0 spiro atoms. The van der Waals surface area contributed by atoms with E-state index in [1.807, 2.05) is 14.1 Å². The van der Waals surface area contributed by atoms with Crippen molar-refractivity contribution >= 4 is 16.1 Å². The van der Waals surface area contributed by atoms with Crippen LogP contribution in [0.2, 0.25) is 0 Å². The number of likely N-dealkylation sites (N-methyl/N-ethyl adjacent to an activating group) is 1. The fourth-order valence-corrected chi connectivity index (χ4v) is 3.48. The van der Waals surface area contributed by atoms with Gasteiger partial charge in [0.15, 0.2) is 0 Å². The van der Waals surface area contributed by atoms with Crippen LogP contribution in [0.3, 0.4) is 0 Å². The predicted molar refractivity (Wildman–Crippen MR) is 95.6 cm³/mol. The highest BCUT2D eigenvalue weighted by Crippen LogP contribution is 2.10. The Kier molecular flexibility index (Phi) is 10.8. The number of unbranched alkanes of at least 4 members (excludes halogenated alkanes) is 5. The molecule has 8 heteroatoms. The second-order valence-corrected chi connectivity index (χ2v) is 9.83. The number of hydrogen-bond donors (Lipinski definition) is 0. The van der Waals surface area contributed by atoms with Crippen LogP contribution in [0, 0.1) is 0 Å². The van der Waals surface area contributed by atoms with Crippen molar-refractivity contribution in [2.75, 3.05) is 60.1 Å². The molecule has 0 bridgehead atoms. The Bertz CT molecular complexity index is 489. The van der Waals surface area contributed by atoms with Gasteiger partial charge in [-0.15, -0.1) is 0 Å². The van der Waals surface area contributed by atoms with Crippen LogP contribution in [0.15, 0.2) is 0 Å². The number of rotatable bonds is 15. The molecule has 0 fully saturated rings. The van der Waals surface area contributed by atoms with Gasteiger partial charge < -0.3 is 23.4 Å². The molecule has 0 aliphatic rings. The molecule has 0 rings (SSSR count). The van der Waals surface area contributed by atoms with Crippen molar-refractivity contribution in [3.8, 4) is 0 Å². The first-order valence-electron chi connectivity index (χ1n) is 9.10. The molecular weight excluding hydrogens is 344 g/mol. The highest BCUT2D eigenvalue weighted by atomic mass is 32.2. The maximum Gasteiger partial charge on any atom is 0.119 e. The molecule has 0 aliphatic heterocycles. The highest BCUT2D eigenvalue weighted by Gasteiger charge is 2.15. The van der Waals surface area contributed by atoms with Crippen LogP contribution in [0.25, 0.3) is 0 Å². The maximum atomic E-state index is 10.6.